The molecule has 0 aliphatic carbocycles. The van der Waals surface area contributed by atoms with Gasteiger partial charge in [-0.25, -0.2) is 0 Å². The topological polar surface area (TPSA) is 34.2 Å². The van der Waals surface area contributed by atoms with E-state index in [9.17, 15) is 0 Å². The Morgan fingerprint density at radius 2 is 2.10 bits per heavy atom. The monoisotopic (exact) mass is 334 g/mol. The third-order valence-corrected chi connectivity index (χ3v) is 3.45. The summed E-state index contributed by atoms with van der Waals surface area (Å²) < 4.78 is 7.08. The number of benzene rings is 1. The molecule has 1 heterocycles. The first kappa shape index (κ1) is 15.0. The van der Waals surface area contributed by atoms with E-state index >= 15 is 0 Å². The molecule has 4 heteroatoms. The number of ether oxygens (including phenoxy) is 1. The van der Waals surface area contributed by atoms with Crippen LogP contribution < -0.4 is 10.1 Å². The molecule has 0 atom stereocenters. The van der Waals surface area contributed by atoms with Crippen molar-refractivity contribution < 1.29 is 4.74 Å². The maximum Gasteiger partial charge on any atom is 0.135 e. The number of pyridine rings is 1. The van der Waals surface area contributed by atoms with Crippen molar-refractivity contribution in [2.24, 2.45) is 0 Å². The Balaban J connectivity index is 2.16. The minimum absolute atomic E-state index is 0.770. The third kappa shape index (κ3) is 4.05. The average Bonchev–Trinajstić information content (AvgIpc) is 2.44. The molecular weight excluding hydrogens is 316 g/mol. The fraction of sp³-hybridized carbons (Fsp3) is 0.312. The maximum atomic E-state index is 6.03. The summed E-state index contributed by atoms with van der Waals surface area (Å²) >= 11 is 3.46. The van der Waals surface area contributed by atoms with Crippen LogP contribution in [0.2, 0.25) is 0 Å². The maximum absolute atomic E-state index is 6.03. The van der Waals surface area contributed by atoms with Crippen molar-refractivity contribution in [3.05, 3.63) is 52.3 Å². The molecule has 106 valence electrons. The number of hydrogen-bond acceptors (Lipinski definition) is 3. The first-order valence-corrected chi connectivity index (χ1v) is 7.57. The highest BCUT2D eigenvalue weighted by molar-refractivity contribution is 9.10. The summed E-state index contributed by atoms with van der Waals surface area (Å²) in [5.41, 5.74) is 2.17. The van der Waals surface area contributed by atoms with Crippen LogP contribution in [-0.4, -0.2) is 11.5 Å². The van der Waals surface area contributed by atoms with E-state index in [0.717, 1.165) is 46.6 Å². The molecule has 0 bridgehead atoms. The second-order valence-corrected chi connectivity index (χ2v) is 5.59. The van der Waals surface area contributed by atoms with Crippen molar-refractivity contribution in [1.82, 2.24) is 10.3 Å². The Morgan fingerprint density at radius 3 is 2.85 bits per heavy atom. The van der Waals surface area contributed by atoms with Crippen molar-refractivity contribution in [3.63, 3.8) is 0 Å². The van der Waals surface area contributed by atoms with Gasteiger partial charge in [0.05, 0.1) is 0 Å². The zero-order valence-electron chi connectivity index (χ0n) is 11.8. The van der Waals surface area contributed by atoms with E-state index in [0.29, 0.717) is 0 Å². The second kappa shape index (κ2) is 7.41. The van der Waals surface area contributed by atoms with Crippen LogP contribution in [0, 0.1) is 6.92 Å². The van der Waals surface area contributed by atoms with Crippen LogP contribution in [0.15, 0.2) is 41.1 Å². The molecule has 0 aliphatic rings. The molecule has 0 radical (unpaired) electrons. The Kier molecular flexibility index (Phi) is 5.56. The number of halogens is 1. The van der Waals surface area contributed by atoms with E-state index < -0.39 is 0 Å². The fourth-order valence-electron chi connectivity index (χ4n) is 1.89. The van der Waals surface area contributed by atoms with Crippen LogP contribution >= 0.6 is 15.9 Å². The van der Waals surface area contributed by atoms with E-state index in [4.69, 9.17) is 4.74 Å². The number of rotatable bonds is 6. The van der Waals surface area contributed by atoms with Gasteiger partial charge in [0.15, 0.2) is 0 Å². The molecule has 0 spiro atoms. The van der Waals surface area contributed by atoms with Crippen LogP contribution in [0.1, 0.15) is 24.5 Å². The van der Waals surface area contributed by atoms with Gasteiger partial charge in [0.1, 0.15) is 11.5 Å². The van der Waals surface area contributed by atoms with Gasteiger partial charge in [-0.1, -0.05) is 22.9 Å². The molecule has 1 aromatic heterocycles. The molecule has 0 amide bonds. The summed E-state index contributed by atoms with van der Waals surface area (Å²) in [5, 5.41) is 3.37. The summed E-state index contributed by atoms with van der Waals surface area (Å²) in [5.74, 6) is 1.73. The average molecular weight is 335 g/mol. The molecule has 0 unspecified atom stereocenters. The molecule has 0 aliphatic heterocycles. The quantitative estimate of drug-likeness (QED) is 0.792. The van der Waals surface area contributed by atoms with Crippen molar-refractivity contribution in [1.29, 1.82) is 0 Å². The number of aromatic nitrogens is 1. The second-order valence-electron chi connectivity index (χ2n) is 4.67. The Morgan fingerprint density at radius 1 is 1.25 bits per heavy atom. The molecule has 3 nitrogen and oxygen atoms in total. The standard InChI is InChI=1S/C16H19BrN2O/c1-3-7-18-10-13-11-19-8-6-16(13)20-15-5-4-14(17)9-12(15)2/h4-6,8-9,11,18H,3,7,10H2,1-2H3. The summed E-state index contributed by atoms with van der Waals surface area (Å²) in [6.07, 6.45) is 4.72. The summed E-state index contributed by atoms with van der Waals surface area (Å²) in [6, 6.07) is 7.91. The van der Waals surface area contributed by atoms with Crippen molar-refractivity contribution in [2.45, 2.75) is 26.8 Å². The normalized spacial score (nSPS) is 10.6. The van der Waals surface area contributed by atoms with Gasteiger partial charge in [-0.05, 0) is 49.7 Å². The SMILES string of the molecule is CCCNCc1cnccc1Oc1ccc(Br)cc1C. The Hall–Kier alpha value is -1.39. The van der Waals surface area contributed by atoms with Crippen LogP contribution in [-0.2, 0) is 6.54 Å². The van der Waals surface area contributed by atoms with Gasteiger partial charge in [-0.2, -0.15) is 0 Å². The lowest BCUT2D eigenvalue weighted by atomic mass is 10.2. The molecule has 0 saturated heterocycles. The number of nitrogens with one attached hydrogen (secondary N) is 1. The zero-order valence-corrected chi connectivity index (χ0v) is 13.4. The highest BCUT2D eigenvalue weighted by Gasteiger charge is 2.07. The minimum atomic E-state index is 0.770. The van der Waals surface area contributed by atoms with Crippen molar-refractivity contribution in [2.75, 3.05) is 6.54 Å². The molecule has 1 N–H and O–H groups in total. The van der Waals surface area contributed by atoms with Crippen LogP contribution in [0.25, 0.3) is 0 Å². The van der Waals surface area contributed by atoms with E-state index in [1.54, 1.807) is 6.20 Å². The van der Waals surface area contributed by atoms with Gasteiger partial charge in [-0.3, -0.25) is 4.98 Å². The lowest BCUT2D eigenvalue weighted by Gasteiger charge is -2.13. The number of hydrogen-bond donors (Lipinski definition) is 1. The molecule has 20 heavy (non-hydrogen) atoms. The lowest BCUT2D eigenvalue weighted by Crippen LogP contribution is -2.14. The molecular formula is C16H19BrN2O. The van der Waals surface area contributed by atoms with Gasteiger partial charge >= 0.3 is 0 Å². The summed E-state index contributed by atoms with van der Waals surface area (Å²) in [7, 11) is 0. The van der Waals surface area contributed by atoms with Gasteiger partial charge in [0.25, 0.3) is 0 Å². The Labute approximate surface area is 128 Å². The molecule has 0 fully saturated rings. The van der Waals surface area contributed by atoms with E-state index in [2.05, 4.69) is 33.2 Å². The van der Waals surface area contributed by atoms with Gasteiger partial charge in [0, 0.05) is 29.0 Å². The van der Waals surface area contributed by atoms with Crippen molar-refractivity contribution in [3.8, 4) is 11.5 Å². The number of nitrogens with zero attached hydrogens (tertiary/aromatic N) is 1. The molecule has 2 rings (SSSR count). The highest BCUT2D eigenvalue weighted by atomic mass is 79.9. The summed E-state index contributed by atoms with van der Waals surface area (Å²) in [4.78, 5) is 4.17. The highest BCUT2D eigenvalue weighted by Crippen LogP contribution is 2.29. The predicted octanol–water partition coefficient (Wildman–Crippen LogP) is 4.44. The number of aryl methyl sites for hydroxylation is 1. The first-order chi connectivity index (χ1) is 9.70. The largest absolute Gasteiger partial charge is 0.457 e. The van der Waals surface area contributed by atoms with E-state index in [1.165, 1.54) is 0 Å². The third-order valence-electron chi connectivity index (χ3n) is 2.96. The Bertz CT molecular complexity index is 572. The smallest absolute Gasteiger partial charge is 0.135 e. The van der Waals surface area contributed by atoms with Gasteiger partial charge < -0.3 is 10.1 Å². The van der Waals surface area contributed by atoms with E-state index in [1.807, 2.05) is 37.4 Å². The fourth-order valence-corrected chi connectivity index (χ4v) is 2.37. The predicted molar refractivity (Wildman–Crippen MR) is 85.2 cm³/mol. The van der Waals surface area contributed by atoms with Crippen molar-refractivity contribution >= 4 is 15.9 Å². The van der Waals surface area contributed by atoms with E-state index in [-0.39, 0.29) is 0 Å². The molecule has 1 aromatic carbocycles. The van der Waals surface area contributed by atoms with Gasteiger partial charge in [-0.15, -0.1) is 0 Å². The van der Waals surface area contributed by atoms with Crippen LogP contribution in [0.3, 0.4) is 0 Å². The zero-order chi connectivity index (χ0) is 14.4. The molecule has 0 saturated carbocycles. The minimum Gasteiger partial charge on any atom is -0.457 e. The lowest BCUT2D eigenvalue weighted by molar-refractivity contribution is 0.468. The first-order valence-electron chi connectivity index (χ1n) is 6.78. The van der Waals surface area contributed by atoms with Crippen LogP contribution in [0.5, 0.6) is 11.5 Å². The molecule has 2 aromatic rings. The summed E-state index contributed by atoms with van der Waals surface area (Å²) in [6.45, 7) is 5.95. The van der Waals surface area contributed by atoms with Gasteiger partial charge in [0.2, 0.25) is 0 Å². The van der Waals surface area contributed by atoms with Crippen LogP contribution in [0.4, 0.5) is 0 Å².